The molecule has 1 atom stereocenters. The Labute approximate surface area is 102 Å². The number of carbonyl (C=O) groups is 1. The van der Waals surface area contributed by atoms with Crippen molar-refractivity contribution in [3.05, 3.63) is 35.9 Å². The van der Waals surface area contributed by atoms with Crippen LogP contribution in [-0.4, -0.2) is 42.7 Å². The molecule has 4 nitrogen and oxygen atoms in total. The summed E-state index contributed by atoms with van der Waals surface area (Å²) in [4.78, 5) is 13.5. The molecule has 17 heavy (non-hydrogen) atoms. The van der Waals surface area contributed by atoms with Crippen LogP contribution in [-0.2, 0) is 11.2 Å². The third kappa shape index (κ3) is 4.17. The molecule has 3 N–H and O–H groups in total. The Balaban J connectivity index is 2.62. The molecule has 1 aromatic rings. The maximum atomic E-state index is 12.0. The Bertz CT molecular complexity index is 341. The highest BCUT2D eigenvalue weighted by Crippen LogP contribution is 2.10. The molecule has 0 aliphatic carbocycles. The highest BCUT2D eigenvalue weighted by Gasteiger charge is 2.20. The van der Waals surface area contributed by atoms with Crippen LogP contribution in [0, 0.1) is 5.92 Å². The lowest BCUT2D eigenvalue weighted by atomic mass is 9.98. The zero-order valence-corrected chi connectivity index (χ0v) is 10.2. The normalized spacial score (nSPS) is 12.2. The fourth-order valence-electron chi connectivity index (χ4n) is 1.74. The number of aliphatic hydroxyl groups excluding tert-OH is 1. The van der Waals surface area contributed by atoms with Crippen molar-refractivity contribution in [2.45, 2.75) is 6.42 Å². The van der Waals surface area contributed by atoms with Gasteiger partial charge in [0.15, 0.2) is 0 Å². The van der Waals surface area contributed by atoms with Crippen molar-refractivity contribution >= 4 is 5.91 Å². The van der Waals surface area contributed by atoms with Crippen LogP contribution in [0.3, 0.4) is 0 Å². The van der Waals surface area contributed by atoms with Gasteiger partial charge in [-0.15, -0.1) is 0 Å². The van der Waals surface area contributed by atoms with Crippen LogP contribution in [0.4, 0.5) is 0 Å². The summed E-state index contributed by atoms with van der Waals surface area (Å²) in [6.45, 7) is 0.651. The van der Waals surface area contributed by atoms with Gasteiger partial charge < -0.3 is 15.7 Å². The van der Waals surface area contributed by atoms with E-state index < -0.39 is 0 Å². The number of likely N-dealkylation sites (N-methyl/N-ethyl adjacent to an activating group) is 1. The van der Waals surface area contributed by atoms with E-state index in [2.05, 4.69) is 0 Å². The van der Waals surface area contributed by atoms with Gasteiger partial charge in [-0.2, -0.15) is 0 Å². The number of hydrogen-bond donors (Lipinski definition) is 2. The van der Waals surface area contributed by atoms with Gasteiger partial charge in [0.25, 0.3) is 0 Å². The van der Waals surface area contributed by atoms with E-state index in [1.54, 1.807) is 7.05 Å². The van der Waals surface area contributed by atoms with Crippen molar-refractivity contribution < 1.29 is 9.90 Å². The van der Waals surface area contributed by atoms with Gasteiger partial charge in [0, 0.05) is 20.1 Å². The van der Waals surface area contributed by atoms with Crippen LogP contribution in [0.25, 0.3) is 0 Å². The molecule has 0 radical (unpaired) electrons. The number of hydrogen-bond acceptors (Lipinski definition) is 3. The van der Waals surface area contributed by atoms with Crippen molar-refractivity contribution in [2.75, 3.05) is 26.7 Å². The largest absolute Gasteiger partial charge is 0.395 e. The van der Waals surface area contributed by atoms with Crippen LogP contribution in [0.2, 0.25) is 0 Å². The van der Waals surface area contributed by atoms with Gasteiger partial charge in [0.05, 0.1) is 12.5 Å². The van der Waals surface area contributed by atoms with Crippen molar-refractivity contribution in [3.63, 3.8) is 0 Å². The molecule has 1 aromatic carbocycles. The Morgan fingerprint density at radius 1 is 1.41 bits per heavy atom. The summed E-state index contributed by atoms with van der Waals surface area (Å²) in [6, 6.07) is 9.82. The zero-order valence-electron chi connectivity index (χ0n) is 10.2. The van der Waals surface area contributed by atoms with E-state index in [9.17, 15) is 4.79 Å². The molecule has 0 fully saturated rings. The zero-order chi connectivity index (χ0) is 12.7. The Morgan fingerprint density at radius 3 is 2.59 bits per heavy atom. The van der Waals surface area contributed by atoms with E-state index in [0.717, 1.165) is 5.56 Å². The van der Waals surface area contributed by atoms with E-state index in [1.807, 2.05) is 30.3 Å². The predicted molar refractivity (Wildman–Crippen MR) is 67.4 cm³/mol. The SMILES string of the molecule is CN(CCO)C(=O)C(CN)Cc1ccccc1. The van der Waals surface area contributed by atoms with Crippen molar-refractivity contribution in [1.82, 2.24) is 4.90 Å². The quantitative estimate of drug-likeness (QED) is 0.744. The maximum Gasteiger partial charge on any atom is 0.227 e. The van der Waals surface area contributed by atoms with Crippen LogP contribution < -0.4 is 5.73 Å². The van der Waals surface area contributed by atoms with Gasteiger partial charge in [-0.1, -0.05) is 30.3 Å². The number of rotatable bonds is 6. The van der Waals surface area contributed by atoms with Gasteiger partial charge in [-0.05, 0) is 12.0 Å². The van der Waals surface area contributed by atoms with E-state index in [-0.39, 0.29) is 18.4 Å². The van der Waals surface area contributed by atoms with Crippen molar-refractivity contribution in [2.24, 2.45) is 11.7 Å². The molecular weight excluding hydrogens is 216 g/mol. The Morgan fingerprint density at radius 2 is 2.06 bits per heavy atom. The highest BCUT2D eigenvalue weighted by molar-refractivity contribution is 5.79. The van der Waals surface area contributed by atoms with E-state index in [1.165, 1.54) is 4.90 Å². The minimum absolute atomic E-state index is 0.00889. The minimum atomic E-state index is -0.214. The second-order valence-corrected chi connectivity index (χ2v) is 4.11. The van der Waals surface area contributed by atoms with Gasteiger partial charge in [-0.25, -0.2) is 0 Å². The lowest BCUT2D eigenvalue weighted by Gasteiger charge is -2.22. The number of benzene rings is 1. The standard InChI is InChI=1S/C13H20N2O2/c1-15(7-8-16)13(17)12(10-14)9-11-5-3-2-4-6-11/h2-6,12,16H,7-10,14H2,1H3. The fourth-order valence-corrected chi connectivity index (χ4v) is 1.74. The summed E-state index contributed by atoms with van der Waals surface area (Å²) in [5.74, 6) is -0.223. The first-order valence-corrected chi connectivity index (χ1v) is 5.79. The third-order valence-corrected chi connectivity index (χ3v) is 2.77. The number of amides is 1. The minimum Gasteiger partial charge on any atom is -0.395 e. The van der Waals surface area contributed by atoms with Gasteiger partial charge >= 0.3 is 0 Å². The van der Waals surface area contributed by atoms with E-state index in [0.29, 0.717) is 19.5 Å². The summed E-state index contributed by atoms with van der Waals surface area (Å²) >= 11 is 0. The summed E-state index contributed by atoms with van der Waals surface area (Å²) in [6.07, 6.45) is 0.645. The predicted octanol–water partition coefficient (Wildman–Crippen LogP) is 0.255. The summed E-state index contributed by atoms with van der Waals surface area (Å²) in [7, 11) is 1.69. The molecule has 0 spiro atoms. The van der Waals surface area contributed by atoms with E-state index in [4.69, 9.17) is 10.8 Å². The van der Waals surface area contributed by atoms with E-state index >= 15 is 0 Å². The van der Waals surface area contributed by atoms with Crippen LogP contribution in [0.5, 0.6) is 0 Å². The molecule has 0 aliphatic rings. The first-order chi connectivity index (χ1) is 8.19. The third-order valence-electron chi connectivity index (χ3n) is 2.77. The van der Waals surface area contributed by atoms with Gasteiger partial charge in [-0.3, -0.25) is 4.79 Å². The van der Waals surface area contributed by atoms with Crippen LogP contribution in [0.1, 0.15) is 5.56 Å². The smallest absolute Gasteiger partial charge is 0.227 e. The molecule has 0 bridgehead atoms. The molecule has 0 aliphatic heterocycles. The Hall–Kier alpha value is -1.39. The van der Waals surface area contributed by atoms with Crippen LogP contribution in [0.15, 0.2) is 30.3 Å². The monoisotopic (exact) mass is 236 g/mol. The lowest BCUT2D eigenvalue weighted by molar-refractivity contribution is -0.134. The summed E-state index contributed by atoms with van der Waals surface area (Å²) in [5, 5.41) is 8.80. The van der Waals surface area contributed by atoms with Crippen molar-refractivity contribution in [1.29, 1.82) is 0 Å². The number of nitrogens with two attached hydrogens (primary N) is 1. The highest BCUT2D eigenvalue weighted by atomic mass is 16.3. The second-order valence-electron chi connectivity index (χ2n) is 4.11. The molecule has 0 saturated carbocycles. The molecule has 0 aromatic heterocycles. The Kier molecular flexibility index (Phi) is 5.66. The van der Waals surface area contributed by atoms with Crippen molar-refractivity contribution in [3.8, 4) is 0 Å². The second kappa shape index (κ2) is 7.04. The molecule has 0 saturated heterocycles. The first-order valence-electron chi connectivity index (χ1n) is 5.79. The van der Waals surface area contributed by atoms with Crippen LogP contribution >= 0.6 is 0 Å². The average molecular weight is 236 g/mol. The first kappa shape index (κ1) is 13.7. The molecule has 94 valence electrons. The number of carbonyl (C=O) groups excluding carboxylic acids is 1. The maximum absolute atomic E-state index is 12.0. The average Bonchev–Trinajstić information content (AvgIpc) is 2.36. The van der Waals surface area contributed by atoms with Gasteiger partial charge in [0.1, 0.15) is 0 Å². The topological polar surface area (TPSA) is 66.6 Å². The fraction of sp³-hybridized carbons (Fsp3) is 0.462. The summed E-state index contributed by atoms with van der Waals surface area (Å²) in [5.41, 5.74) is 6.75. The lowest BCUT2D eigenvalue weighted by Crippen LogP contribution is -2.39. The number of nitrogens with zero attached hydrogens (tertiary/aromatic N) is 1. The molecule has 1 rings (SSSR count). The molecule has 4 heteroatoms. The van der Waals surface area contributed by atoms with Gasteiger partial charge in [0.2, 0.25) is 5.91 Å². The molecular formula is C13H20N2O2. The summed E-state index contributed by atoms with van der Waals surface area (Å²) < 4.78 is 0. The molecule has 1 unspecified atom stereocenters. The molecule has 1 amide bonds. The number of aliphatic hydroxyl groups is 1. The molecule has 0 heterocycles.